The van der Waals surface area contributed by atoms with Crippen LogP contribution in [0.5, 0.6) is 0 Å². The minimum absolute atomic E-state index is 0.148. The van der Waals surface area contributed by atoms with Crippen molar-refractivity contribution in [3.8, 4) is 0 Å². The molecule has 166 valence electrons. The number of amides is 1. The van der Waals surface area contributed by atoms with Gasteiger partial charge in [0.15, 0.2) is 0 Å². The van der Waals surface area contributed by atoms with Crippen molar-refractivity contribution in [3.63, 3.8) is 0 Å². The summed E-state index contributed by atoms with van der Waals surface area (Å²) in [5, 5.41) is 2.91. The largest absolute Gasteiger partial charge is 0.462 e. The minimum atomic E-state index is -3.72. The highest BCUT2D eigenvalue weighted by Gasteiger charge is 2.21. The molecule has 0 aromatic heterocycles. The van der Waals surface area contributed by atoms with Gasteiger partial charge in [-0.05, 0) is 61.5 Å². The number of hydrogen-bond acceptors (Lipinski definition) is 5. The van der Waals surface area contributed by atoms with Gasteiger partial charge >= 0.3 is 5.97 Å². The summed E-state index contributed by atoms with van der Waals surface area (Å²) in [5.74, 6) is -1.01. The third-order valence-corrected chi connectivity index (χ3v) is 6.74. The summed E-state index contributed by atoms with van der Waals surface area (Å²) < 4.78 is 31.6. The van der Waals surface area contributed by atoms with E-state index in [-0.39, 0.29) is 22.1 Å². The number of halogens is 1. The van der Waals surface area contributed by atoms with Crippen LogP contribution in [0.1, 0.15) is 27.6 Å². The van der Waals surface area contributed by atoms with Gasteiger partial charge in [0.1, 0.15) is 0 Å². The number of esters is 1. The molecule has 0 spiro atoms. The third-order valence-electron chi connectivity index (χ3n) is 4.61. The van der Waals surface area contributed by atoms with Crippen molar-refractivity contribution in [3.05, 3.63) is 88.9 Å². The SMILES string of the molecule is CCOC(=O)c1cc(NC(=O)c2ccc(N(C)S(=O)(=O)c3ccccc3)cc2)ccc1Cl. The van der Waals surface area contributed by atoms with Gasteiger partial charge in [-0.1, -0.05) is 29.8 Å². The van der Waals surface area contributed by atoms with Crippen molar-refractivity contribution in [2.45, 2.75) is 11.8 Å². The standard InChI is InChI=1S/C23H21ClN2O5S/c1-3-31-23(28)20-15-17(11-14-21(20)24)25-22(27)16-9-12-18(13-10-16)26(2)32(29,30)19-7-5-4-6-8-19/h4-15H,3H2,1-2H3,(H,25,27). The zero-order chi connectivity index (χ0) is 23.3. The molecule has 7 nitrogen and oxygen atoms in total. The molecule has 1 amide bonds. The first kappa shape index (κ1) is 23.3. The Morgan fingerprint density at radius 1 is 1.00 bits per heavy atom. The van der Waals surface area contributed by atoms with Gasteiger partial charge in [-0.2, -0.15) is 0 Å². The lowest BCUT2D eigenvalue weighted by molar-refractivity contribution is 0.0526. The Hall–Kier alpha value is -3.36. The summed E-state index contributed by atoms with van der Waals surface area (Å²) in [6.07, 6.45) is 0. The summed E-state index contributed by atoms with van der Waals surface area (Å²) >= 11 is 6.04. The summed E-state index contributed by atoms with van der Waals surface area (Å²) in [6, 6.07) is 18.7. The Morgan fingerprint density at radius 3 is 2.28 bits per heavy atom. The Labute approximate surface area is 191 Å². The zero-order valence-electron chi connectivity index (χ0n) is 17.4. The van der Waals surface area contributed by atoms with Crippen molar-refractivity contribution >= 4 is 44.9 Å². The highest BCUT2D eigenvalue weighted by molar-refractivity contribution is 7.92. The minimum Gasteiger partial charge on any atom is -0.462 e. The quantitative estimate of drug-likeness (QED) is 0.507. The van der Waals surface area contributed by atoms with Crippen LogP contribution in [0, 0.1) is 0 Å². The molecule has 0 aliphatic rings. The number of rotatable bonds is 7. The maximum absolute atomic E-state index is 12.8. The van der Waals surface area contributed by atoms with Gasteiger partial charge in [-0.3, -0.25) is 9.10 Å². The summed E-state index contributed by atoms with van der Waals surface area (Å²) in [5.41, 5.74) is 1.23. The summed E-state index contributed by atoms with van der Waals surface area (Å²) in [6.45, 7) is 1.89. The number of carbonyl (C=O) groups is 2. The lowest BCUT2D eigenvalue weighted by Crippen LogP contribution is -2.26. The second-order valence-corrected chi connectivity index (χ2v) is 9.08. The van der Waals surface area contributed by atoms with Gasteiger partial charge < -0.3 is 10.1 Å². The van der Waals surface area contributed by atoms with E-state index in [1.807, 2.05) is 0 Å². The number of anilines is 2. The molecule has 0 aliphatic heterocycles. The number of hydrogen-bond donors (Lipinski definition) is 1. The molecule has 0 bridgehead atoms. The van der Waals surface area contributed by atoms with Crippen molar-refractivity contribution in [1.82, 2.24) is 0 Å². The molecule has 3 aromatic rings. The van der Waals surface area contributed by atoms with Crippen LogP contribution in [-0.4, -0.2) is 33.9 Å². The Bertz CT molecular complexity index is 1230. The number of ether oxygens (including phenoxy) is 1. The van der Waals surface area contributed by atoms with Crippen LogP contribution in [0.4, 0.5) is 11.4 Å². The van der Waals surface area contributed by atoms with Gasteiger partial charge in [0.25, 0.3) is 15.9 Å². The first-order valence-corrected chi connectivity index (χ1v) is 11.5. The summed E-state index contributed by atoms with van der Waals surface area (Å²) in [4.78, 5) is 24.8. The Morgan fingerprint density at radius 2 is 1.66 bits per heavy atom. The van der Waals surface area contributed by atoms with E-state index in [9.17, 15) is 18.0 Å². The number of sulfonamides is 1. The van der Waals surface area contributed by atoms with Crippen molar-refractivity contribution < 1.29 is 22.7 Å². The molecule has 9 heteroatoms. The molecule has 0 atom stereocenters. The first-order valence-electron chi connectivity index (χ1n) is 9.66. The van der Waals surface area contributed by atoms with E-state index in [2.05, 4.69) is 5.32 Å². The smallest absolute Gasteiger partial charge is 0.339 e. The van der Waals surface area contributed by atoms with Crippen LogP contribution >= 0.6 is 11.6 Å². The topological polar surface area (TPSA) is 92.8 Å². The number of benzene rings is 3. The molecule has 0 aliphatic carbocycles. The van der Waals surface area contributed by atoms with Crippen LogP contribution in [0.2, 0.25) is 5.02 Å². The highest BCUT2D eigenvalue weighted by atomic mass is 35.5. The van der Waals surface area contributed by atoms with Gasteiger partial charge in [0, 0.05) is 18.3 Å². The molecule has 0 unspecified atom stereocenters. The van der Waals surface area contributed by atoms with E-state index in [0.29, 0.717) is 16.9 Å². The molecule has 0 radical (unpaired) electrons. The third kappa shape index (κ3) is 5.09. The maximum atomic E-state index is 12.8. The molecule has 1 N–H and O–H groups in total. The second-order valence-electron chi connectivity index (χ2n) is 6.70. The van der Waals surface area contributed by atoms with E-state index in [1.54, 1.807) is 43.3 Å². The van der Waals surface area contributed by atoms with Crippen LogP contribution in [-0.2, 0) is 14.8 Å². The second kappa shape index (κ2) is 9.84. The monoisotopic (exact) mass is 472 g/mol. The van der Waals surface area contributed by atoms with E-state index in [1.165, 1.54) is 43.4 Å². The van der Waals surface area contributed by atoms with Crippen LogP contribution in [0.3, 0.4) is 0 Å². The molecule has 0 heterocycles. The average Bonchev–Trinajstić information content (AvgIpc) is 2.80. The van der Waals surface area contributed by atoms with Gasteiger partial charge in [0.2, 0.25) is 0 Å². The number of nitrogens with one attached hydrogen (secondary N) is 1. The Kier molecular flexibility index (Phi) is 7.17. The molecular formula is C23H21ClN2O5S. The van der Waals surface area contributed by atoms with Crippen LogP contribution in [0.25, 0.3) is 0 Å². The number of nitrogens with zero attached hydrogens (tertiary/aromatic N) is 1. The molecule has 3 aromatic carbocycles. The predicted octanol–water partition coefficient (Wildman–Crippen LogP) is 4.59. The summed E-state index contributed by atoms with van der Waals surface area (Å²) in [7, 11) is -2.27. The van der Waals surface area contributed by atoms with E-state index < -0.39 is 21.9 Å². The predicted molar refractivity (Wildman–Crippen MR) is 124 cm³/mol. The first-order chi connectivity index (χ1) is 15.2. The lowest BCUT2D eigenvalue weighted by atomic mass is 10.1. The van der Waals surface area contributed by atoms with Gasteiger partial charge in [-0.25, -0.2) is 13.2 Å². The maximum Gasteiger partial charge on any atom is 0.339 e. The highest BCUT2D eigenvalue weighted by Crippen LogP contribution is 2.24. The lowest BCUT2D eigenvalue weighted by Gasteiger charge is -2.19. The Balaban J connectivity index is 1.76. The molecule has 0 saturated carbocycles. The average molecular weight is 473 g/mol. The zero-order valence-corrected chi connectivity index (χ0v) is 19.0. The fourth-order valence-corrected chi connectivity index (χ4v) is 4.29. The molecular weight excluding hydrogens is 452 g/mol. The fraction of sp³-hybridized carbons (Fsp3) is 0.130. The van der Waals surface area contributed by atoms with Gasteiger partial charge in [0.05, 0.1) is 27.8 Å². The molecule has 32 heavy (non-hydrogen) atoms. The molecule has 0 saturated heterocycles. The molecule has 3 rings (SSSR count). The van der Waals surface area contributed by atoms with Crippen LogP contribution in [0.15, 0.2) is 77.7 Å². The van der Waals surface area contributed by atoms with Crippen molar-refractivity contribution in [2.75, 3.05) is 23.3 Å². The van der Waals surface area contributed by atoms with Crippen molar-refractivity contribution in [1.29, 1.82) is 0 Å². The van der Waals surface area contributed by atoms with Crippen LogP contribution < -0.4 is 9.62 Å². The van der Waals surface area contributed by atoms with Gasteiger partial charge in [-0.15, -0.1) is 0 Å². The van der Waals surface area contributed by atoms with E-state index in [4.69, 9.17) is 16.3 Å². The number of carbonyl (C=O) groups excluding carboxylic acids is 2. The molecule has 0 fully saturated rings. The fourth-order valence-electron chi connectivity index (χ4n) is 2.88. The van der Waals surface area contributed by atoms with E-state index in [0.717, 1.165) is 4.31 Å². The van der Waals surface area contributed by atoms with Crippen molar-refractivity contribution in [2.24, 2.45) is 0 Å². The normalized spacial score (nSPS) is 11.0. The van der Waals surface area contributed by atoms with E-state index >= 15 is 0 Å².